The Bertz CT molecular complexity index is 1570. The number of hydrogen-bond donors (Lipinski definition) is 3. The SMILES string of the molecule is CC(C)(C)OC(=O)N[C@H]1CCCCCC=C[C@@H]2C[C@@]2(C(=O)NS(=O)(=O)C2CC2)NC(=O)[C@@H]2C[C@@H](OC(=O)c3ccc(F)cc3)CN2C1=O. The van der Waals surface area contributed by atoms with Gasteiger partial charge < -0.3 is 25.0 Å². The number of ether oxygens (including phenoxy) is 2. The van der Waals surface area contributed by atoms with E-state index < -0.39 is 86.1 Å². The predicted molar refractivity (Wildman–Crippen MR) is 170 cm³/mol. The molecule has 15 heteroatoms. The molecule has 4 amide bonds. The molecule has 13 nitrogen and oxygen atoms in total. The van der Waals surface area contributed by atoms with Gasteiger partial charge in [-0.3, -0.25) is 19.1 Å². The lowest BCUT2D eigenvalue weighted by atomic mass is 10.0. The van der Waals surface area contributed by atoms with Crippen molar-refractivity contribution in [2.45, 2.75) is 113 Å². The molecule has 5 atom stereocenters. The summed E-state index contributed by atoms with van der Waals surface area (Å²) in [4.78, 5) is 68.6. The van der Waals surface area contributed by atoms with Crippen molar-refractivity contribution < 1.29 is 46.3 Å². The summed E-state index contributed by atoms with van der Waals surface area (Å²) in [6.45, 7) is 4.86. The van der Waals surface area contributed by atoms with E-state index in [1.807, 2.05) is 6.08 Å². The fourth-order valence-corrected chi connectivity index (χ4v) is 7.47. The van der Waals surface area contributed by atoms with Crippen molar-refractivity contribution in [3.8, 4) is 0 Å². The van der Waals surface area contributed by atoms with Gasteiger partial charge in [-0.1, -0.05) is 25.0 Å². The molecule has 0 radical (unpaired) electrons. The summed E-state index contributed by atoms with van der Waals surface area (Å²) in [7, 11) is -3.91. The largest absolute Gasteiger partial charge is 0.457 e. The zero-order chi connectivity index (χ0) is 34.9. The molecule has 1 saturated heterocycles. The summed E-state index contributed by atoms with van der Waals surface area (Å²) in [6, 6.07) is 2.41. The number of carbonyl (C=O) groups excluding carboxylic acids is 5. The van der Waals surface area contributed by atoms with Crippen LogP contribution in [0.1, 0.15) is 88.9 Å². The van der Waals surface area contributed by atoms with Crippen LogP contribution in [0.4, 0.5) is 9.18 Å². The first-order valence-electron chi connectivity index (χ1n) is 16.4. The molecule has 0 bridgehead atoms. The summed E-state index contributed by atoms with van der Waals surface area (Å²) in [5.74, 6) is -3.98. The van der Waals surface area contributed by atoms with Crippen molar-refractivity contribution in [3.63, 3.8) is 0 Å². The second kappa shape index (κ2) is 13.8. The minimum Gasteiger partial charge on any atom is -0.457 e. The van der Waals surface area contributed by atoms with Crippen molar-refractivity contribution in [2.24, 2.45) is 5.92 Å². The van der Waals surface area contributed by atoms with Crippen LogP contribution < -0.4 is 15.4 Å². The minimum absolute atomic E-state index is 0.0706. The van der Waals surface area contributed by atoms with Gasteiger partial charge in [0.25, 0.3) is 5.91 Å². The fourth-order valence-electron chi connectivity index (χ4n) is 6.10. The van der Waals surface area contributed by atoms with Crippen LogP contribution in [0.3, 0.4) is 0 Å². The molecule has 2 heterocycles. The van der Waals surface area contributed by atoms with Crippen LogP contribution in [0.2, 0.25) is 0 Å². The zero-order valence-corrected chi connectivity index (χ0v) is 28.1. The van der Waals surface area contributed by atoms with Crippen molar-refractivity contribution in [1.82, 2.24) is 20.3 Å². The number of carbonyl (C=O) groups is 5. The number of sulfonamides is 1. The first kappa shape index (κ1) is 35.3. The average molecular weight is 691 g/mol. The van der Waals surface area contributed by atoms with Gasteiger partial charge in [-0.25, -0.2) is 22.4 Å². The molecule has 2 aliphatic heterocycles. The summed E-state index contributed by atoms with van der Waals surface area (Å²) in [5.41, 5.74) is -2.32. The fraction of sp³-hybridized carbons (Fsp3) is 0.606. The molecular formula is C33H43FN4O9S. The van der Waals surface area contributed by atoms with E-state index in [-0.39, 0.29) is 31.4 Å². The first-order chi connectivity index (χ1) is 22.6. The number of fused-ring (bicyclic) bond motifs is 2. The number of allylic oxidation sites excluding steroid dienone is 1. The van der Waals surface area contributed by atoms with Crippen molar-refractivity contribution in [2.75, 3.05) is 6.54 Å². The highest BCUT2D eigenvalue weighted by Gasteiger charge is 2.62. The van der Waals surface area contributed by atoms with Crippen LogP contribution in [-0.4, -0.2) is 84.2 Å². The Morgan fingerprint density at radius 3 is 2.42 bits per heavy atom. The monoisotopic (exact) mass is 690 g/mol. The molecule has 0 unspecified atom stereocenters. The Morgan fingerprint density at radius 1 is 1.04 bits per heavy atom. The maximum atomic E-state index is 14.1. The molecule has 5 rings (SSSR count). The molecular weight excluding hydrogens is 647 g/mol. The van der Waals surface area contributed by atoms with E-state index in [1.165, 1.54) is 17.0 Å². The number of rotatable bonds is 6. The number of hydrogen-bond acceptors (Lipinski definition) is 9. The molecule has 1 aromatic rings. The predicted octanol–water partition coefficient (Wildman–Crippen LogP) is 2.85. The first-order valence-corrected chi connectivity index (χ1v) is 17.9. The van der Waals surface area contributed by atoms with Gasteiger partial charge >= 0.3 is 12.1 Å². The van der Waals surface area contributed by atoms with Gasteiger partial charge in [-0.15, -0.1) is 0 Å². The average Bonchev–Trinajstić information content (AvgIpc) is 3.92. The molecule has 0 spiro atoms. The van der Waals surface area contributed by atoms with E-state index in [2.05, 4.69) is 15.4 Å². The van der Waals surface area contributed by atoms with Crippen molar-refractivity contribution in [3.05, 3.63) is 47.8 Å². The van der Waals surface area contributed by atoms with Crippen molar-refractivity contribution >= 4 is 39.8 Å². The number of amides is 4. The second-order valence-corrected chi connectivity index (χ2v) is 15.9. The van der Waals surface area contributed by atoms with E-state index in [1.54, 1.807) is 26.8 Å². The number of nitrogens with one attached hydrogen (secondary N) is 3. The lowest BCUT2D eigenvalue weighted by molar-refractivity contribution is -0.141. The third-order valence-electron chi connectivity index (χ3n) is 8.89. The minimum atomic E-state index is -3.91. The third-order valence-corrected chi connectivity index (χ3v) is 10.7. The molecule has 3 N–H and O–H groups in total. The van der Waals surface area contributed by atoms with E-state index in [0.717, 1.165) is 25.0 Å². The normalized spacial score (nSPS) is 28.1. The third kappa shape index (κ3) is 8.52. The van der Waals surface area contributed by atoms with Crippen LogP contribution in [-0.2, 0) is 33.9 Å². The van der Waals surface area contributed by atoms with E-state index in [4.69, 9.17) is 9.47 Å². The number of nitrogens with zero attached hydrogens (tertiary/aromatic N) is 1. The number of benzene rings is 1. The van der Waals surface area contributed by atoms with Crippen LogP contribution in [0, 0.1) is 11.7 Å². The highest BCUT2D eigenvalue weighted by Crippen LogP contribution is 2.46. The Hall–Kier alpha value is -4.01. The standard InChI is InChI=1S/C33H43FN4O9S/c1-32(2,3)47-31(43)35-25-10-8-6-4-5-7-9-21-18-33(21,30(42)37-48(44,45)24-15-16-24)36-27(39)26-17-23(19-38(26)28(25)40)46-29(41)20-11-13-22(34)14-12-20/h7,9,11-14,21,23-26H,4-6,8,10,15-19H2,1-3H3,(H,35,43)(H,36,39)(H,37,42)/t21-,23-,25+,26+,33-/m1/s1. The molecule has 1 aromatic carbocycles. The molecule has 3 fully saturated rings. The molecule has 2 aliphatic carbocycles. The van der Waals surface area contributed by atoms with Crippen LogP contribution in [0.25, 0.3) is 0 Å². The molecule has 4 aliphatic rings. The van der Waals surface area contributed by atoms with Crippen LogP contribution >= 0.6 is 0 Å². The van der Waals surface area contributed by atoms with Gasteiger partial charge in [-0.2, -0.15) is 0 Å². The Kier molecular flexibility index (Phi) is 10.2. The quantitative estimate of drug-likeness (QED) is 0.299. The van der Waals surface area contributed by atoms with Crippen molar-refractivity contribution in [1.29, 1.82) is 0 Å². The van der Waals surface area contributed by atoms with Gasteiger partial charge in [0.05, 0.1) is 17.4 Å². The van der Waals surface area contributed by atoms with E-state index >= 15 is 0 Å². The van der Waals surface area contributed by atoms with Gasteiger partial charge in [-0.05, 0) is 83.6 Å². The molecule has 48 heavy (non-hydrogen) atoms. The Balaban J connectivity index is 1.42. The number of esters is 1. The van der Waals surface area contributed by atoms with Gasteiger partial charge in [0.1, 0.15) is 35.1 Å². The highest BCUT2D eigenvalue weighted by atomic mass is 32.2. The van der Waals surface area contributed by atoms with Crippen LogP contribution in [0.15, 0.2) is 36.4 Å². The van der Waals surface area contributed by atoms with Crippen LogP contribution in [0.5, 0.6) is 0 Å². The van der Waals surface area contributed by atoms with Gasteiger partial charge in [0.15, 0.2) is 0 Å². The van der Waals surface area contributed by atoms with Gasteiger partial charge in [0, 0.05) is 12.3 Å². The topological polar surface area (TPSA) is 177 Å². The number of alkyl carbamates (subject to hydrolysis) is 1. The molecule has 0 aromatic heterocycles. The second-order valence-electron chi connectivity index (χ2n) is 14.0. The number of halogens is 1. The summed E-state index contributed by atoms with van der Waals surface area (Å²) in [5, 5.41) is 4.74. The van der Waals surface area contributed by atoms with E-state index in [9.17, 15) is 36.8 Å². The lowest BCUT2D eigenvalue weighted by Crippen LogP contribution is -2.58. The Labute approximate surface area is 279 Å². The lowest BCUT2D eigenvalue weighted by Gasteiger charge is -2.30. The van der Waals surface area contributed by atoms with Gasteiger partial charge in [0.2, 0.25) is 21.8 Å². The summed E-state index contributed by atoms with van der Waals surface area (Å²) in [6.07, 6.45) is 5.81. The maximum Gasteiger partial charge on any atom is 0.408 e. The molecule has 262 valence electrons. The van der Waals surface area contributed by atoms with E-state index in [0.29, 0.717) is 25.7 Å². The maximum absolute atomic E-state index is 14.1. The smallest absolute Gasteiger partial charge is 0.408 e. The summed E-state index contributed by atoms with van der Waals surface area (Å²) >= 11 is 0. The Morgan fingerprint density at radius 2 is 1.75 bits per heavy atom. The highest BCUT2D eigenvalue weighted by molar-refractivity contribution is 7.91. The zero-order valence-electron chi connectivity index (χ0n) is 27.3. The molecule has 2 saturated carbocycles. The summed E-state index contributed by atoms with van der Waals surface area (Å²) < 4.78 is 52.0.